The predicted molar refractivity (Wildman–Crippen MR) is 75.7 cm³/mol. The average Bonchev–Trinajstić information content (AvgIpc) is 2.48. The van der Waals surface area contributed by atoms with E-state index in [1.807, 2.05) is 6.92 Å². The van der Waals surface area contributed by atoms with Gasteiger partial charge in [0, 0.05) is 5.56 Å². The van der Waals surface area contributed by atoms with Crippen molar-refractivity contribution >= 4 is 11.6 Å². The number of aromatic nitrogens is 2. The molecule has 1 saturated carbocycles. The van der Waals surface area contributed by atoms with Gasteiger partial charge in [0.1, 0.15) is 18.0 Å². The third-order valence-electron chi connectivity index (χ3n) is 3.93. The van der Waals surface area contributed by atoms with E-state index in [1.54, 1.807) is 0 Å². The second-order valence-electron chi connectivity index (χ2n) is 5.17. The Hall–Kier alpha value is -1.40. The molecule has 5 N–H and O–H groups in total. The maximum atomic E-state index is 9.75. The first-order chi connectivity index (χ1) is 9.24. The van der Waals surface area contributed by atoms with Crippen molar-refractivity contribution in [1.29, 1.82) is 0 Å². The summed E-state index contributed by atoms with van der Waals surface area (Å²) in [5, 5.41) is 13.2. The molecule has 0 spiro atoms. The second kappa shape index (κ2) is 6.16. The van der Waals surface area contributed by atoms with Gasteiger partial charge in [0.15, 0.2) is 0 Å². The number of aliphatic hydroxyl groups excluding tert-OH is 1. The molecule has 1 heterocycles. The van der Waals surface area contributed by atoms with Crippen molar-refractivity contribution < 1.29 is 5.11 Å². The Kier molecular flexibility index (Phi) is 4.55. The van der Waals surface area contributed by atoms with Crippen LogP contribution in [0.1, 0.15) is 44.6 Å². The van der Waals surface area contributed by atoms with E-state index in [4.69, 9.17) is 5.84 Å². The van der Waals surface area contributed by atoms with Crippen molar-refractivity contribution in [2.24, 2.45) is 5.84 Å². The molecule has 19 heavy (non-hydrogen) atoms. The quantitative estimate of drug-likeness (QED) is 0.475. The molecule has 0 aliphatic heterocycles. The van der Waals surface area contributed by atoms with Gasteiger partial charge in [-0.15, -0.1) is 0 Å². The lowest BCUT2D eigenvalue weighted by atomic mass is 9.82. The molecule has 0 saturated heterocycles. The minimum Gasteiger partial charge on any atom is -0.394 e. The maximum Gasteiger partial charge on any atom is 0.148 e. The van der Waals surface area contributed by atoms with Crippen LogP contribution >= 0.6 is 0 Å². The van der Waals surface area contributed by atoms with Gasteiger partial charge in [-0.2, -0.15) is 0 Å². The number of nitrogen functional groups attached to an aromatic ring is 1. The van der Waals surface area contributed by atoms with Gasteiger partial charge in [-0.25, -0.2) is 15.8 Å². The number of anilines is 2. The lowest BCUT2D eigenvalue weighted by Crippen LogP contribution is -2.44. The van der Waals surface area contributed by atoms with Crippen LogP contribution in [-0.4, -0.2) is 27.2 Å². The average molecular weight is 265 g/mol. The first-order valence-corrected chi connectivity index (χ1v) is 6.94. The summed E-state index contributed by atoms with van der Waals surface area (Å²) in [6.45, 7) is 2.17. The van der Waals surface area contributed by atoms with Crippen molar-refractivity contribution in [2.45, 2.75) is 51.0 Å². The van der Waals surface area contributed by atoms with Crippen LogP contribution in [0, 0.1) is 0 Å². The van der Waals surface area contributed by atoms with E-state index >= 15 is 0 Å². The second-order valence-corrected chi connectivity index (χ2v) is 5.17. The third kappa shape index (κ3) is 2.96. The van der Waals surface area contributed by atoms with Crippen molar-refractivity contribution in [1.82, 2.24) is 9.97 Å². The van der Waals surface area contributed by atoms with Crippen LogP contribution in [0.25, 0.3) is 0 Å². The Labute approximate surface area is 113 Å². The number of hydrogen-bond acceptors (Lipinski definition) is 6. The van der Waals surface area contributed by atoms with Crippen LogP contribution < -0.4 is 16.6 Å². The summed E-state index contributed by atoms with van der Waals surface area (Å²) < 4.78 is 0. The molecule has 1 aliphatic rings. The molecule has 6 heteroatoms. The van der Waals surface area contributed by atoms with Gasteiger partial charge in [-0.05, 0) is 19.3 Å². The topological polar surface area (TPSA) is 96.1 Å². The Bertz CT molecular complexity index is 417. The van der Waals surface area contributed by atoms with Gasteiger partial charge >= 0.3 is 0 Å². The van der Waals surface area contributed by atoms with Gasteiger partial charge in [-0.3, -0.25) is 0 Å². The van der Waals surface area contributed by atoms with E-state index < -0.39 is 0 Å². The Balaban J connectivity index is 2.26. The van der Waals surface area contributed by atoms with E-state index in [1.165, 1.54) is 12.7 Å². The van der Waals surface area contributed by atoms with E-state index in [0.29, 0.717) is 5.82 Å². The molecule has 0 unspecified atom stereocenters. The molecule has 0 amide bonds. The van der Waals surface area contributed by atoms with Crippen LogP contribution in [0.2, 0.25) is 0 Å². The van der Waals surface area contributed by atoms with Crippen molar-refractivity contribution in [2.75, 3.05) is 17.3 Å². The molecular formula is C13H23N5O. The zero-order valence-corrected chi connectivity index (χ0v) is 11.4. The summed E-state index contributed by atoms with van der Waals surface area (Å²) in [7, 11) is 0. The molecule has 1 aliphatic carbocycles. The number of aliphatic hydroxyl groups is 1. The summed E-state index contributed by atoms with van der Waals surface area (Å²) in [6.07, 6.45) is 7.74. The normalized spacial score (nSPS) is 18.1. The van der Waals surface area contributed by atoms with Crippen LogP contribution in [0.3, 0.4) is 0 Å². The number of hydrazine groups is 1. The fourth-order valence-corrected chi connectivity index (χ4v) is 2.78. The molecule has 1 aromatic rings. The highest BCUT2D eigenvalue weighted by Gasteiger charge is 2.32. The first kappa shape index (κ1) is 14.0. The number of nitrogens with two attached hydrogens (primary N) is 1. The van der Waals surface area contributed by atoms with Crippen LogP contribution in [0.15, 0.2) is 6.33 Å². The molecule has 0 atom stereocenters. The Morgan fingerprint density at radius 2 is 1.95 bits per heavy atom. The SMILES string of the molecule is CCc1c(NN)ncnc1NC1(CO)CCCCC1. The number of nitrogens with zero attached hydrogens (tertiary/aromatic N) is 2. The molecule has 0 radical (unpaired) electrons. The molecular weight excluding hydrogens is 242 g/mol. The fraction of sp³-hybridized carbons (Fsp3) is 0.692. The van der Waals surface area contributed by atoms with Crippen molar-refractivity contribution in [3.05, 3.63) is 11.9 Å². The van der Waals surface area contributed by atoms with E-state index in [9.17, 15) is 5.11 Å². The van der Waals surface area contributed by atoms with Gasteiger partial charge < -0.3 is 15.8 Å². The van der Waals surface area contributed by atoms with Gasteiger partial charge in [-0.1, -0.05) is 26.2 Å². The first-order valence-electron chi connectivity index (χ1n) is 6.94. The van der Waals surface area contributed by atoms with Gasteiger partial charge in [0.05, 0.1) is 12.1 Å². The van der Waals surface area contributed by atoms with Gasteiger partial charge in [0.25, 0.3) is 0 Å². The summed E-state index contributed by atoms with van der Waals surface area (Å²) in [4.78, 5) is 8.44. The monoisotopic (exact) mass is 265 g/mol. The lowest BCUT2D eigenvalue weighted by molar-refractivity contribution is 0.172. The summed E-state index contributed by atoms with van der Waals surface area (Å²) >= 11 is 0. The van der Waals surface area contributed by atoms with Gasteiger partial charge in [0.2, 0.25) is 0 Å². The largest absolute Gasteiger partial charge is 0.394 e. The summed E-state index contributed by atoms with van der Waals surface area (Å²) in [5.41, 5.74) is 3.31. The van der Waals surface area contributed by atoms with E-state index in [2.05, 4.69) is 20.7 Å². The number of nitrogens with one attached hydrogen (secondary N) is 2. The minimum atomic E-state index is -0.248. The molecule has 106 valence electrons. The number of hydrogen-bond donors (Lipinski definition) is 4. The third-order valence-corrected chi connectivity index (χ3v) is 3.93. The maximum absolute atomic E-state index is 9.75. The molecule has 0 bridgehead atoms. The minimum absolute atomic E-state index is 0.131. The highest BCUT2D eigenvalue weighted by molar-refractivity contribution is 5.57. The van der Waals surface area contributed by atoms with Crippen molar-refractivity contribution in [3.63, 3.8) is 0 Å². The summed E-state index contributed by atoms with van der Waals surface area (Å²) in [6, 6.07) is 0. The Morgan fingerprint density at radius 3 is 2.53 bits per heavy atom. The molecule has 1 aromatic heterocycles. The Morgan fingerprint density at radius 1 is 1.26 bits per heavy atom. The van der Waals surface area contributed by atoms with Crippen LogP contribution in [-0.2, 0) is 6.42 Å². The smallest absolute Gasteiger partial charge is 0.148 e. The number of rotatable bonds is 5. The van der Waals surface area contributed by atoms with E-state index in [0.717, 1.165) is 43.5 Å². The fourth-order valence-electron chi connectivity index (χ4n) is 2.78. The molecule has 0 aromatic carbocycles. The summed E-state index contributed by atoms with van der Waals surface area (Å²) in [5.74, 6) is 6.90. The van der Waals surface area contributed by atoms with Crippen molar-refractivity contribution in [3.8, 4) is 0 Å². The van der Waals surface area contributed by atoms with Crippen LogP contribution in [0.5, 0.6) is 0 Å². The molecule has 1 fully saturated rings. The zero-order valence-electron chi connectivity index (χ0n) is 11.4. The molecule has 6 nitrogen and oxygen atoms in total. The highest BCUT2D eigenvalue weighted by atomic mass is 16.3. The highest BCUT2D eigenvalue weighted by Crippen LogP contribution is 2.32. The molecule has 2 rings (SSSR count). The van der Waals surface area contributed by atoms with Crippen LogP contribution in [0.4, 0.5) is 11.6 Å². The zero-order chi connectivity index (χ0) is 13.7. The predicted octanol–water partition coefficient (Wildman–Crippen LogP) is 1.43. The standard InChI is InChI=1S/C13H23N5O/c1-2-10-11(15-9-16-12(10)18-14)17-13(8-19)6-4-3-5-7-13/h9,19H,2-8,14H2,1H3,(H2,15,16,17,18). The lowest BCUT2D eigenvalue weighted by Gasteiger charge is -2.37. The van der Waals surface area contributed by atoms with E-state index in [-0.39, 0.29) is 12.1 Å².